The molecule has 2 aromatic carbocycles. The number of nitrogens with zero attached hydrogens (tertiary/aromatic N) is 2. The van der Waals surface area contributed by atoms with E-state index < -0.39 is 9.84 Å². The van der Waals surface area contributed by atoms with E-state index in [1.54, 1.807) is 24.3 Å². The number of benzene rings is 2. The second-order valence-corrected chi connectivity index (χ2v) is 10.1. The molecule has 2 saturated heterocycles. The maximum absolute atomic E-state index is 12.8. The van der Waals surface area contributed by atoms with Gasteiger partial charge in [0.2, 0.25) is 5.91 Å². The molecule has 4 rings (SSSR count). The van der Waals surface area contributed by atoms with Crippen molar-refractivity contribution < 1.29 is 13.2 Å². The zero-order valence-electron chi connectivity index (χ0n) is 16.7. The molecule has 2 aliphatic rings. The molecular weight excluding hydrogens is 408 g/mol. The molecule has 2 aromatic rings. The van der Waals surface area contributed by atoms with Gasteiger partial charge in [-0.25, -0.2) is 8.42 Å². The van der Waals surface area contributed by atoms with E-state index in [0.717, 1.165) is 25.2 Å². The first-order chi connectivity index (χ1) is 13.3. The molecule has 156 valence electrons. The van der Waals surface area contributed by atoms with E-state index in [1.165, 1.54) is 11.8 Å². The van der Waals surface area contributed by atoms with Crippen molar-refractivity contribution in [2.24, 2.45) is 11.8 Å². The summed E-state index contributed by atoms with van der Waals surface area (Å²) in [4.78, 5) is 17.5. The van der Waals surface area contributed by atoms with Crippen LogP contribution in [0.25, 0.3) is 0 Å². The Morgan fingerprint density at radius 3 is 2.28 bits per heavy atom. The van der Waals surface area contributed by atoms with Crippen molar-refractivity contribution in [1.29, 1.82) is 0 Å². The van der Waals surface area contributed by atoms with Gasteiger partial charge in [-0.1, -0.05) is 42.5 Å². The number of carbonyl (C=O) groups excluding carboxylic acids is 1. The number of halogens is 1. The molecule has 2 heterocycles. The van der Waals surface area contributed by atoms with Crippen molar-refractivity contribution in [2.75, 3.05) is 32.9 Å². The maximum Gasteiger partial charge on any atom is 0.227 e. The third-order valence-electron chi connectivity index (χ3n) is 6.10. The third kappa shape index (κ3) is 4.49. The highest BCUT2D eigenvalue weighted by molar-refractivity contribution is 7.90. The van der Waals surface area contributed by atoms with Crippen molar-refractivity contribution in [3.8, 4) is 0 Å². The van der Waals surface area contributed by atoms with Gasteiger partial charge in [-0.15, -0.1) is 12.4 Å². The van der Waals surface area contributed by atoms with Crippen LogP contribution in [0.5, 0.6) is 0 Å². The lowest BCUT2D eigenvalue weighted by atomic mass is 9.90. The van der Waals surface area contributed by atoms with Gasteiger partial charge in [0.15, 0.2) is 9.84 Å². The average Bonchev–Trinajstić information content (AvgIpc) is 3.18. The minimum absolute atomic E-state index is 0. The van der Waals surface area contributed by atoms with E-state index in [4.69, 9.17) is 0 Å². The Hall–Kier alpha value is -1.89. The van der Waals surface area contributed by atoms with Crippen LogP contribution in [-0.4, -0.2) is 57.1 Å². The summed E-state index contributed by atoms with van der Waals surface area (Å²) >= 11 is 0. The Morgan fingerprint density at radius 2 is 1.66 bits per heavy atom. The minimum atomic E-state index is -3.21. The Bertz CT molecular complexity index is 963. The number of amides is 1. The molecule has 0 aromatic heterocycles. The highest BCUT2D eigenvalue weighted by atomic mass is 35.5. The van der Waals surface area contributed by atoms with Crippen LogP contribution < -0.4 is 0 Å². The van der Waals surface area contributed by atoms with Gasteiger partial charge in [-0.05, 0) is 36.2 Å². The van der Waals surface area contributed by atoms with E-state index in [1.807, 2.05) is 11.0 Å². The first-order valence-electron chi connectivity index (χ1n) is 9.65. The lowest BCUT2D eigenvalue weighted by Gasteiger charge is -2.27. The van der Waals surface area contributed by atoms with Gasteiger partial charge in [0, 0.05) is 37.8 Å². The van der Waals surface area contributed by atoms with Gasteiger partial charge >= 0.3 is 0 Å². The summed E-state index contributed by atoms with van der Waals surface area (Å²) in [5.74, 6) is 1.09. The molecule has 29 heavy (non-hydrogen) atoms. The van der Waals surface area contributed by atoms with Crippen molar-refractivity contribution in [1.82, 2.24) is 9.80 Å². The fraction of sp³-hybridized carbons (Fsp3) is 0.409. The molecule has 0 radical (unpaired) electrons. The van der Waals surface area contributed by atoms with Crippen LogP contribution in [0.1, 0.15) is 17.2 Å². The monoisotopic (exact) mass is 434 g/mol. The lowest BCUT2D eigenvalue weighted by molar-refractivity contribution is -0.129. The number of rotatable bonds is 4. The topological polar surface area (TPSA) is 57.7 Å². The summed E-state index contributed by atoms with van der Waals surface area (Å²) in [7, 11) is -1.04. The van der Waals surface area contributed by atoms with Gasteiger partial charge < -0.3 is 4.90 Å². The van der Waals surface area contributed by atoms with E-state index >= 15 is 0 Å². The Balaban J connectivity index is 0.00000240. The van der Waals surface area contributed by atoms with Crippen LogP contribution in [0.4, 0.5) is 0 Å². The minimum Gasteiger partial charge on any atom is -0.342 e. The summed E-state index contributed by atoms with van der Waals surface area (Å²) in [6.07, 6.45) is 1.51. The molecule has 0 N–H and O–H groups in total. The van der Waals surface area contributed by atoms with Crippen LogP contribution in [0.2, 0.25) is 0 Å². The standard InChI is InChI=1S/C22H26N2O3S.ClH/c1-23-13-18-14-24(15-20(18)22(23)17-6-4-3-5-7-17)21(25)12-16-8-10-19(11-9-16)28(2,26)27;/h3-11,18,20,22H,12-15H2,1-2H3;1H/t18-,20+,22-;/m0./s1. The second-order valence-electron chi connectivity index (χ2n) is 8.11. The lowest BCUT2D eigenvalue weighted by Crippen LogP contribution is -2.34. The second kappa shape index (κ2) is 8.46. The molecule has 7 heteroatoms. The number of hydrogen-bond donors (Lipinski definition) is 0. The Labute approximate surface area is 179 Å². The van der Waals surface area contributed by atoms with Gasteiger partial charge in [0.05, 0.1) is 11.3 Å². The smallest absolute Gasteiger partial charge is 0.227 e. The highest BCUT2D eigenvalue weighted by Crippen LogP contribution is 2.44. The maximum atomic E-state index is 12.8. The fourth-order valence-electron chi connectivity index (χ4n) is 4.75. The highest BCUT2D eigenvalue weighted by Gasteiger charge is 2.47. The van der Waals surface area contributed by atoms with Crippen LogP contribution in [0.3, 0.4) is 0 Å². The fourth-order valence-corrected chi connectivity index (χ4v) is 5.38. The van der Waals surface area contributed by atoms with Crippen LogP contribution in [0.15, 0.2) is 59.5 Å². The molecule has 0 unspecified atom stereocenters. The number of fused-ring (bicyclic) bond motifs is 1. The quantitative estimate of drug-likeness (QED) is 0.742. The van der Waals surface area contributed by atoms with Crippen molar-refractivity contribution in [3.63, 3.8) is 0 Å². The summed E-state index contributed by atoms with van der Waals surface area (Å²) in [6.45, 7) is 2.60. The number of likely N-dealkylation sites (tertiary alicyclic amines) is 2. The Kier molecular flexibility index (Phi) is 6.36. The van der Waals surface area contributed by atoms with Crippen LogP contribution in [-0.2, 0) is 21.1 Å². The summed E-state index contributed by atoms with van der Waals surface area (Å²) in [6, 6.07) is 17.6. The molecule has 2 fully saturated rings. The molecule has 0 saturated carbocycles. The van der Waals surface area contributed by atoms with Gasteiger partial charge in [0.1, 0.15) is 0 Å². The summed E-state index contributed by atoms with van der Waals surface area (Å²) < 4.78 is 23.2. The van der Waals surface area contributed by atoms with Crippen LogP contribution >= 0.6 is 12.4 Å². The molecule has 5 nitrogen and oxygen atoms in total. The van der Waals surface area contributed by atoms with Crippen molar-refractivity contribution >= 4 is 28.2 Å². The third-order valence-corrected chi connectivity index (χ3v) is 7.22. The molecule has 0 aliphatic carbocycles. The van der Waals surface area contributed by atoms with Crippen molar-refractivity contribution in [3.05, 3.63) is 65.7 Å². The van der Waals surface area contributed by atoms with Gasteiger partial charge in [-0.3, -0.25) is 9.69 Å². The first kappa shape index (κ1) is 21.8. The Morgan fingerprint density at radius 1 is 1.00 bits per heavy atom. The number of hydrogen-bond acceptors (Lipinski definition) is 4. The average molecular weight is 435 g/mol. The summed E-state index contributed by atoms with van der Waals surface area (Å²) in [5.41, 5.74) is 2.18. The summed E-state index contributed by atoms with van der Waals surface area (Å²) in [5, 5.41) is 0. The van der Waals surface area contributed by atoms with Gasteiger partial charge in [0.25, 0.3) is 0 Å². The molecule has 0 bridgehead atoms. The predicted octanol–water partition coefficient (Wildman–Crippen LogP) is 2.82. The van der Waals surface area contributed by atoms with E-state index in [0.29, 0.717) is 24.3 Å². The van der Waals surface area contributed by atoms with E-state index in [2.05, 4.69) is 36.2 Å². The van der Waals surface area contributed by atoms with Gasteiger partial charge in [-0.2, -0.15) is 0 Å². The molecule has 0 spiro atoms. The predicted molar refractivity (Wildman–Crippen MR) is 116 cm³/mol. The van der Waals surface area contributed by atoms with E-state index in [-0.39, 0.29) is 23.2 Å². The normalized spacial score (nSPS) is 24.2. The molecule has 1 amide bonds. The molecule has 2 aliphatic heterocycles. The largest absolute Gasteiger partial charge is 0.342 e. The SMILES string of the molecule is CN1C[C@H]2CN(C(=O)Cc3ccc(S(C)(=O)=O)cc3)C[C@H]2[C@@H]1c1ccccc1.Cl. The number of carbonyl (C=O) groups is 1. The first-order valence-corrected chi connectivity index (χ1v) is 11.5. The zero-order valence-corrected chi connectivity index (χ0v) is 18.3. The van der Waals surface area contributed by atoms with Crippen molar-refractivity contribution in [2.45, 2.75) is 17.4 Å². The van der Waals surface area contributed by atoms with Crippen LogP contribution in [0, 0.1) is 11.8 Å². The zero-order chi connectivity index (χ0) is 19.9. The molecular formula is C22H27ClN2O3S. The molecule has 3 atom stereocenters. The van der Waals surface area contributed by atoms with E-state index in [9.17, 15) is 13.2 Å². The number of sulfone groups is 1.